The third-order valence-electron chi connectivity index (χ3n) is 4.89. The van der Waals surface area contributed by atoms with Crippen LogP contribution < -0.4 is 0 Å². The highest BCUT2D eigenvalue weighted by atomic mass is 79.9. The predicted octanol–water partition coefficient (Wildman–Crippen LogP) is 6.22. The molecule has 0 radical (unpaired) electrons. The van der Waals surface area contributed by atoms with Crippen molar-refractivity contribution >= 4 is 33.4 Å². The minimum absolute atomic E-state index is 0.200. The van der Waals surface area contributed by atoms with Gasteiger partial charge in [-0.15, -0.1) is 11.8 Å². The molecule has 0 saturated heterocycles. The van der Waals surface area contributed by atoms with Gasteiger partial charge in [-0.25, -0.2) is 4.39 Å². The summed E-state index contributed by atoms with van der Waals surface area (Å²) >= 11 is 5.27. The second-order valence-corrected chi connectivity index (χ2v) is 9.15. The van der Waals surface area contributed by atoms with E-state index in [9.17, 15) is 4.39 Å². The first-order chi connectivity index (χ1) is 10.9. The number of hydrogen-bond donors (Lipinski definition) is 0. The molecule has 1 unspecified atom stereocenters. The van der Waals surface area contributed by atoms with Gasteiger partial charge < -0.3 is 0 Å². The van der Waals surface area contributed by atoms with Crippen molar-refractivity contribution in [1.29, 1.82) is 0 Å². The number of fused-ring (bicyclic) bond motifs is 1. The fourth-order valence-corrected chi connectivity index (χ4v) is 5.34. The molecular weight excluding hydrogens is 373 g/mol. The zero-order valence-electron chi connectivity index (χ0n) is 13.3. The Morgan fingerprint density at radius 2 is 2.13 bits per heavy atom. The number of hydrogen-bond acceptors (Lipinski definition) is 2. The summed E-state index contributed by atoms with van der Waals surface area (Å²) in [5.74, 6) is 1.13. The molecule has 0 amide bonds. The predicted molar refractivity (Wildman–Crippen MR) is 99.5 cm³/mol. The van der Waals surface area contributed by atoms with Crippen LogP contribution >= 0.6 is 27.7 Å². The summed E-state index contributed by atoms with van der Waals surface area (Å²) < 4.78 is 14.2. The van der Waals surface area contributed by atoms with Crippen molar-refractivity contribution in [3.8, 4) is 0 Å². The maximum atomic E-state index is 13.7. The Morgan fingerprint density at radius 1 is 1.30 bits per heavy atom. The molecule has 23 heavy (non-hydrogen) atoms. The largest absolute Gasteiger partial charge is 0.257 e. The van der Waals surface area contributed by atoms with Crippen molar-refractivity contribution < 1.29 is 4.39 Å². The van der Waals surface area contributed by atoms with Crippen molar-refractivity contribution in [2.45, 2.75) is 39.0 Å². The standard InChI is InChI=1S/C19H19BrFNS/c1-19(2)7-5-15-12(10-19)17(18-16(22-15)6-8-23-18)11-3-4-14(21)13(20)9-11/h3-4,9-10,17H,5-8H2,1-2H3. The van der Waals surface area contributed by atoms with Gasteiger partial charge in [0, 0.05) is 22.3 Å². The molecule has 2 aliphatic heterocycles. The highest BCUT2D eigenvalue weighted by Gasteiger charge is 2.37. The summed E-state index contributed by atoms with van der Waals surface area (Å²) in [7, 11) is 0. The van der Waals surface area contributed by atoms with Gasteiger partial charge >= 0.3 is 0 Å². The van der Waals surface area contributed by atoms with Crippen LogP contribution in [0.1, 0.15) is 44.6 Å². The molecule has 0 saturated carbocycles. The number of halogens is 2. The van der Waals surface area contributed by atoms with Gasteiger partial charge in [-0.2, -0.15) is 0 Å². The van der Waals surface area contributed by atoms with Crippen molar-refractivity contribution in [3.63, 3.8) is 0 Å². The van der Waals surface area contributed by atoms with Crippen LogP contribution in [0, 0.1) is 11.2 Å². The summed E-state index contributed by atoms with van der Waals surface area (Å²) in [5, 5.41) is 0. The average Bonchev–Trinajstić information content (AvgIpc) is 2.95. The van der Waals surface area contributed by atoms with Gasteiger partial charge in [-0.3, -0.25) is 4.99 Å². The Balaban J connectivity index is 1.88. The van der Waals surface area contributed by atoms with Crippen LogP contribution in [-0.2, 0) is 0 Å². The molecule has 1 aromatic rings. The minimum atomic E-state index is -0.204. The van der Waals surface area contributed by atoms with E-state index in [1.807, 2.05) is 23.9 Å². The molecule has 0 N–H and O–H groups in total. The molecule has 1 aromatic carbocycles. The molecule has 4 heteroatoms. The molecule has 0 spiro atoms. The normalized spacial score (nSPS) is 25.7. The Morgan fingerprint density at radius 3 is 2.91 bits per heavy atom. The van der Waals surface area contributed by atoms with Crippen molar-refractivity contribution in [2.24, 2.45) is 10.4 Å². The maximum Gasteiger partial charge on any atom is 0.137 e. The zero-order valence-corrected chi connectivity index (χ0v) is 15.7. The number of allylic oxidation sites excluding steroid dienone is 4. The van der Waals surface area contributed by atoms with Crippen LogP contribution in [0.2, 0.25) is 0 Å². The second-order valence-electron chi connectivity index (χ2n) is 7.16. The van der Waals surface area contributed by atoms with Crippen LogP contribution in [0.25, 0.3) is 0 Å². The van der Waals surface area contributed by atoms with Crippen LogP contribution in [-0.4, -0.2) is 11.5 Å². The summed E-state index contributed by atoms with van der Waals surface area (Å²) in [4.78, 5) is 6.34. The average molecular weight is 392 g/mol. The zero-order chi connectivity index (χ0) is 16.2. The first-order valence-electron chi connectivity index (χ1n) is 8.06. The number of aliphatic imine (C=N–C) groups is 1. The summed E-state index contributed by atoms with van der Waals surface area (Å²) in [6.45, 7) is 4.58. The van der Waals surface area contributed by atoms with Crippen LogP contribution in [0.5, 0.6) is 0 Å². The van der Waals surface area contributed by atoms with Gasteiger partial charge in [-0.1, -0.05) is 26.0 Å². The molecule has 2 heterocycles. The molecule has 0 aromatic heterocycles. The number of benzene rings is 1. The van der Waals surface area contributed by atoms with E-state index < -0.39 is 0 Å². The Bertz CT molecular complexity index is 776. The Labute approximate surface area is 149 Å². The van der Waals surface area contributed by atoms with E-state index in [0.717, 1.165) is 30.6 Å². The maximum absolute atomic E-state index is 13.7. The van der Waals surface area contributed by atoms with Crippen molar-refractivity contribution in [3.05, 3.63) is 56.3 Å². The van der Waals surface area contributed by atoms with Gasteiger partial charge in [0.05, 0.1) is 10.2 Å². The summed E-state index contributed by atoms with van der Waals surface area (Å²) in [6.07, 6.45) is 5.64. The van der Waals surface area contributed by atoms with E-state index in [0.29, 0.717) is 4.47 Å². The van der Waals surface area contributed by atoms with E-state index >= 15 is 0 Å². The molecule has 0 bridgehead atoms. The SMILES string of the molecule is CC1(C)C=C2C(=NC3=C(SCC3)C2c2ccc(F)c(Br)c2)CC1. The van der Waals surface area contributed by atoms with Crippen molar-refractivity contribution in [1.82, 2.24) is 0 Å². The lowest BCUT2D eigenvalue weighted by Gasteiger charge is -2.35. The lowest BCUT2D eigenvalue weighted by atomic mass is 9.72. The third kappa shape index (κ3) is 2.74. The van der Waals surface area contributed by atoms with Crippen LogP contribution in [0.15, 0.2) is 49.9 Å². The minimum Gasteiger partial charge on any atom is -0.257 e. The Kier molecular flexibility index (Phi) is 3.80. The lowest BCUT2D eigenvalue weighted by Crippen LogP contribution is -2.26. The molecule has 120 valence electrons. The summed E-state index contributed by atoms with van der Waals surface area (Å²) in [6, 6.07) is 5.44. The smallest absolute Gasteiger partial charge is 0.137 e. The summed E-state index contributed by atoms with van der Waals surface area (Å²) in [5.41, 5.74) is 5.21. The molecule has 0 fully saturated rings. The van der Waals surface area contributed by atoms with Crippen LogP contribution in [0.4, 0.5) is 4.39 Å². The van der Waals surface area contributed by atoms with Gasteiger partial charge in [0.1, 0.15) is 5.82 Å². The fourth-order valence-electron chi connectivity index (χ4n) is 3.68. The molecular formula is C19H19BrFNS. The molecule has 1 nitrogen and oxygen atoms in total. The first kappa shape index (κ1) is 15.6. The quantitative estimate of drug-likeness (QED) is 0.553. The monoisotopic (exact) mass is 391 g/mol. The van der Waals surface area contributed by atoms with Crippen LogP contribution in [0.3, 0.4) is 0 Å². The van der Waals surface area contributed by atoms with Gasteiger partial charge in [-0.05, 0) is 63.9 Å². The van der Waals surface area contributed by atoms with E-state index in [2.05, 4.69) is 35.9 Å². The van der Waals surface area contributed by atoms with Gasteiger partial charge in [0.25, 0.3) is 0 Å². The lowest BCUT2D eigenvalue weighted by molar-refractivity contribution is 0.435. The van der Waals surface area contributed by atoms with E-state index in [1.54, 1.807) is 6.07 Å². The second kappa shape index (κ2) is 5.59. The van der Waals surface area contributed by atoms with E-state index in [-0.39, 0.29) is 17.2 Å². The highest BCUT2D eigenvalue weighted by Crippen LogP contribution is 2.52. The number of nitrogens with zero attached hydrogens (tertiary/aromatic N) is 1. The molecule has 1 atom stereocenters. The third-order valence-corrected chi connectivity index (χ3v) is 6.68. The highest BCUT2D eigenvalue weighted by molar-refractivity contribution is 9.10. The Hall–Kier alpha value is -0.870. The van der Waals surface area contributed by atoms with E-state index in [1.165, 1.54) is 21.9 Å². The molecule has 3 aliphatic rings. The first-order valence-corrected chi connectivity index (χ1v) is 9.84. The topological polar surface area (TPSA) is 12.4 Å². The van der Waals surface area contributed by atoms with Gasteiger partial charge in [0.15, 0.2) is 0 Å². The van der Waals surface area contributed by atoms with Gasteiger partial charge in [0.2, 0.25) is 0 Å². The number of thioether (sulfide) groups is 1. The number of rotatable bonds is 1. The molecule has 4 rings (SSSR count). The van der Waals surface area contributed by atoms with Crippen molar-refractivity contribution in [2.75, 3.05) is 5.75 Å². The fraction of sp³-hybridized carbons (Fsp3) is 0.421. The van der Waals surface area contributed by atoms with E-state index in [4.69, 9.17) is 4.99 Å². The molecule has 1 aliphatic carbocycles.